The molecule has 94 valence electrons. The van der Waals surface area contributed by atoms with Crippen molar-refractivity contribution in [1.29, 1.82) is 0 Å². The van der Waals surface area contributed by atoms with Crippen LogP contribution in [0.25, 0.3) is 0 Å². The Morgan fingerprint density at radius 2 is 2.18 bits per heavy atom. The minimum absolute atomic E-state index is 0.102. The van der Waals surface area contributed by atoms with E-state index in [2.05, 4.69) is 19.2 Å². The van der Waals surface area contributed by atoms with Crippen LogP contribution in [-0.2, 0) is 6.42 Å². The summed E-state index contributed by atoms with van der Waals surface area (Å²) in [6, 6.07) is 5.07. The van der Waals surface area contributed by atoms with Gasteiger partial charge in [-0.25, -0.2) is 0 Å². The fourth-order valence-corrected chi connectivity index (χ4v) is 1.57. The van der Waals surface area contributed by atoms with Crippen molar-refractivity contribution in [2.45, 2.75) is 26.3 Å². The molecular formula is C12H18N2O3. The third kappa shape index (κ3) is 4.03. The quantitative estimate of drug-likeness (QED) is 0.609. The van der Waals surface area contributed by atoms with Crippen molar-refractivity contribution in [2.75, 3.05) is 13.7 Å². The number of nitrogens with one attached hydrogen (secondary N) is 1. The second-order valence-corrected chi connectivity index (χ2v) is 4.11. The Bertz CT molecular complexity index is 391. The Balaban J connectivity index is 2.79. The highest BCUT2D eigenvalue weighted by Crippen LogP contribution is 2.24. The van der Waals surface area contributed by atoms with Gasteiger partial charge in [0.15, 0.2) is 0 Å². The van der Waals surface area contributed by atoms with Gasteiger partial charge in [0.25, 0.3) is 5.69 Å². The van der Waals surface area contributed by atoms with E-state index in [0.717, 1.165) is 12.1 Å². The molecule has 0 saturated carbocycles. The van der Waals surface area contributed by atoms with Crippen molar-refractivity contribution in [3.8, 4) is 5.75 Å². The number of ether oxygens (including phenoxy) is 1. The molecule has 1 N–H and O–H groups in total. The van der Waals surface area contributed by atoms with Crippen molar-refractivity contribution in [3.05, 3.63) is 33.9 Å². The Hall–Kier alpha value is -1.62. The molecule has 17 heavy (non-hydrogen) atoms. The monoisotopic (exact) mass is 238 g/mol. The second-order valence-electron chi connectivity index (χ2n) is 4.11. The van der Waals surface area contributed by atoms with Gasteiger partial charge in [-0.1, -0.05) is 13.8 Å². The lowest BCUT2D eigenvalue weighted by Crippen LogP contribution is -2.25. The zero-order valence-electron chi connectivity index (χ0n) is 10.4. The number of methoxy groups -OCH3 is 1. The van der Waals surface area contributed by atoms with Gasteiger partial charge in [0, 0.05) is 23.7 Å². The lowest BCUT2D eigenvalue weighted by atomic mass is 10.1. The summed E-state index contributed by atoms with van der Waals surface area (Å²) in [5.74, 6) is 0.696. The number of non-ortho nitro benzene ring substituents is 1. The second kappa shape index (κ2) is 6.20. The topological polar surface area (TPSA) is 64.4 Å². The molecule has 0 aliphatic heterocycles. The molecule has 0 unspecified atom stereocenters. The molecule has 0 fully saturated rings. The van der Waals surface area contributed by atoms with Crippen LogP contribution in [0.4, 0.5) is 5.69 Å². The highest BCUT2D eigenvalue weighted by Gasteiger charge is 2.10. The molecule has 5 nitrogen and oxygen atoms in total. The molecule has 0 amide bonds. The summed E-state index contributed by atoms with van der Waals surface area (Å²) in [6.45, 7) is 4.89. The van der Waals surface area contributed by atoms with E-state index < -0.39 is 4.92 Å². The van der Waals surface area contributed by atoms with Crippen LogP contribution >= 0.6 is 0 Å². The molecule has 0 aliphatic carbocycles. The van der Waals surface area contributed by atoms with Crippen LogP contribution in [0, 0.1) is 10.1 Å². The van der Waals surface area contributed by atoms with E-state index >= 15 is 0 Å². The van der Waals surface area contributed by atoms with E-state index in [9.17, 15) is 10.1 Å². The molecule has 1 aromatic rings. The molecule has 1 aromatic carbocycles. The van der Waals surface area contributed by atoms with Gasteiger partial charge in [0.05, 0.1) is 12.0 Å². The molecule has 5 heteroatoms. The molecular weight excluding hydrogens is 220 g/mol. The maximum atomic E-state index is 10.7. The van der Waals surface area contributed by atoms with Gasteiger partial charge in [-0.05, 0) is 19.0 Å². The standard InChI is InChI=1S/C12H18N2O3/c1-9(2)13-7-6-10-8-11(14(15)16)4-5-12(10)17-3/h4-5,8-9,13H,6-7H2,1-3H3. The lowest BCUT2D eigenvalue weighted by Gasteiger charge is -2.10. The summed E-state index contributed by atoms with van der Waals surface area (Å²) < 4.78 is 5.19. The molecule has 0 bridgehead atoms. The van der Waals surface area contributed by atoms with Gasteiger partial charge in [0.2, 0.25) is 0 Å². The van der Waals surface area contributed by atoms with Crippen LogP contribution in [0.15, 0.2) is 18.2 Å². The molecule has 0 spiro atoms. The zero-order valence-corrected chi connectivity index (χ0v) is 10.4. The van der Waals surface area contributed by atoms with Crippen molar-refractivity contribution in [1.82, 2.24) is 5.32 Å². The zero-order chi connectivity index (χ0) is 12.8. The summed E-state index contributed by atoms with van der Waals surface area (Å²) in [5.41, 5.74) is 0.959. The highest BCUT2D eigenvalue weighted by molar-refractivity contribution is 5.43. The smallest absolute Gasteiger partial charge is 0.269 e. The van der Waals surface area contributed by atoms with E-state index in [-0.39, 0.29) is 5.69 Å². The Kier molecular flexibility index (Phi) is 4.90. The average Bonchev–Trinajstić information content (AvgIpc) is 2.28. The number of hydrogen-bond acceptors (Lipinski definition) is 4. The minimum atomic E-state index is -0.390. The number of rotatable bonds is 6. The normalized spacial score (nSPS) is 10.6. The highest BCUT2D eigenvalue weighted by atomic mass is 16.6. The first-order chi connectivity index (χ1) is 8.04. The lowest BCUT2D eigenvalue weighted by molar-refractivity contribution is -0.384. The molecule has 0 atom stereocenters. The SMILES string of the molecule is COc1ccc([N+](=O)[O-])cc1CCNC(C)C. The Morgan fingerprint density at radius 3 is 2.71 bits per heavy atom. The molecule has 0 saturated heterocycles. The first-order valence-electron chi connectivity index (χ1n) is 5.59. The van der Waals surface area contributed by atoms with E-state index in [1.165, 1.54) is 6.07 Å². The van der Waals surface area contributed by atoms with Crippen LogP contribution in [0.5, 0.6) is 5.75 Å². The summed E-state index contributed by atoms with van der Waals surface area (Å²) >= 11 is 0. The maximum absolute atomic E-state index is 10.7. The number of benzene rings is 1. The van der Waals surface area contributed by atoms with Crippen LogP contribution in [0.2, 0.25) is 0 Å². The average molecular weight is 238 g/mol. The minimum Gasteiger partial charge on any atom is -0.496 e. The van der Waals surface area contributed by atoms with E-state index in [4.69, 9.17) is 4.74 Å². The Labute approximate surface area is 101 Å². The van der Waals surface area contributed by atoms with Crippen molar-refractivity contribution < 1.29 is 9.66 Å². The molecule has 0 aliphatic rings. The van der Waals surface area contributed by atoms with E-state index in [1.54, 1.807) is 19.2 Å². The number of nitro groups is 1. The number of nitrogens with zero attached hydrogens (tertiary/aromatic N) is 1. The first kappa shape index (κ1) is 13.4. The number of hydrogen-bond donors (Lipinski definition) is 1. The van der Waals surface area contributed by atoms with Crippen LogP contribution in [0.3, 0.4) is 0 Å². The summed E-state index contributed by atoms with van der Waals surface area (Å²) in [4.78, 5) is 10.3. The fraction of sp³-hybridized carbons (Fsp3) is 0.500. The summed E-state index contributed by atoms with van der Waals surface area (Å²) in [6.07, 6.45) is 0.711. The first-order valence-corrected chi connectivity index (χ1v) is 5.59. The Morgan fingerprint density at radius 1 is 1.47 bits per heavy atom. The summed E-state index contributed by atoms with van der Waals surface area (Å²) in [7, 11) is 1.57. The molecule has 1 rings (SSSR count). The molecule has 0 heterocycles. The predicted molar refractivity (Wildman–Crippen MR) is 66.5 cm³/mol. The third-order valence-electron chi connectivity index (χ3n) is 2.42. The predicted octanol–water partition coefficient (Wildman–Crippen LogP) is 2.14. The number of nitro benzene ring substituents is 1. The van der Waals surface area contributed by atoms with Crippen LogP contribution in [-0.4, -0.2) is 24.6 Å². The van der Waals surface area contributed by atoms with E-state index in [0.29, 0.717) is 18.2 Å². The van der Waals surface area contributed by atoms with Crippen molar-refractivity contribution in [2.24, 2.45) is 0 Å². The molecule has 0 radical (unpaired) electrons. The fourth-order valence-electron chi connectivity index (χ4n) is 1.57. The van der Waals surface area contributed by atoms with Gasteiger partial charge in [0.1, 0.15) is 5.75 Å². The van der Waals surface area contributed by atoms with Gasteiger partial charge >= 0.3 is 0 Å². The largest absolute Gasteiger partial charge is 0.496 e. The van der Waals surface area contributed by atoms with Crippen LogP contribution < -0.4 is 10.1 Å². The van der Waals surface area contributed by atoms with Crippen molar-refractivity contribution >= 4 is 5.69 Å². The van der Waals surface area contributed by atoms with E-state index in [1.807, 2.05) is 0 Å². The van der Waals surface area contributed by atoms with Gasteiger partial charge in [-0.15, -0.1) is 0 Å². The third-order valence-corrected chi connectivity index (χ3v) is 2.42. The molecule has 0 aromatic heterocycles. The summed E-state index contributed by atoms with van der Waals surface area (Å²) in [5, 5.41) is 14.0. The van der Waals surface area contributed by atoms with Crippen molar-refractivity contribution in [3.63, 3.8) is 0 Å². The maximum Gasteiger partial charge on any atom is 0.269 e. The van der Waals surface area contributed by atoms with Crippen LogP contribution in [0.1, 0.15) is 19.4 Å². The van der Waals surface area contributed by atoms with Gasteiger partial charge in [-0.2, -0.15) is 0 Å². The van der Waals surface area contributed by atoms with Gasteiger partial charge < -0.3 is 10.1 Å². The van der Waals surface area contributed by atoms with Gasteiger partial charge in [-0.3, -0.25) is 10.1 Å².